The van der Waals surface area contributed by atoms with Crippen LogP contribution in [0.3, 0.4) is 0 Å². The lowest BCUT2D eigenvalue weighted by atomic mass is 9.60. The fourth-order valence-electron chi connectivity index (χ4n) is 11.8. The first-order valence-electron chi connectivity index (χ1n) is 21.5. The minimum absolute atomic E-state index is 0.00320. The minimum Gasteiger partial charge on any atom is -0.511 e. The van der Waals surface area contributed by atoms with Gasteiger partial charge in [-0.1, -0.05) is 70.5 Å². The number of fused-ring (bicyclic) bond motifs is 5. The molecule has 62 heavy (non-hydrogen) atoms. The third-order valence-electron chi connectivity index (χ3n) is 14.9. The van der Waals surface area contributed by atoms with E-state index >= 15 is 4.79 Å². The number of Topliss-reactive ketones (excluding diaryl/α,β-unsaturated/α-hetero) is 2. The van der Waals surface area contributed by atoms with E-state index in [0.717, 1.165) is 42.4 Å². The van der Waals surface area contributed by atoms with Gasteiger partial charge in [0.2, 0.25) is 6.29 Å². The Bertz CT molecular complexity index is 2290. The number of aromatic nitrogens is 1. The lowest BCUT2D eigenvalue weighted by molar-refractivity contribution is -0.318. The Hall–Kier alpha value is -3.77. The molecule has 3 spiro atoms. The summed E-state index contributed by atoms with van der Waals surface area (Å²) in [5.41, 5.74) is -1.93. The van der Waals surface area contributed by atoms with E-state index in [1.165, 1.54) is 39.8 Å². The molecule has 3 aromatic rings. The first kappa shape index (κ1) is 43.5. The number of aliphatic hydroxyl groups excluding tert-OH is 6. The summed E-state index contributed by atoms with van der Waals surface area (Å²) in [6.45, 7) is -0.797. The standard InChI is InChI=1S/C47H54N2O11S2/c50-15-10-30-6-3-11-44(30)12-13-45(23-44)24-47(58)40(55)35(22-52)60-43(42(47)57)59-34-8-2-7-32-38(34)41(56)46(25-61-62-26-49-37-20-31(45)9-14-48-37)33(39(32)54)18-29(19-36(46)53)17-27-4-1-5-28(16-27)21-51/h1-2,4-5,7-9,14,16,18-20,30,33,35,40,42-43,50-53,55,57-58H,3,6,10-13,15,17,21-26H2,(H,48,49). The number of benzene rings is 2. The molecule has 6 aliphatic rings. The topological polar surface area (TPSA) is 219 Å². The SMILES string of the molecule is O=C1c2cccc3c2C(=O)C2(CSSCNc4cc(ccn4)C4(CCC5(CCCC5CCO)C4)CC4(O)C(O)C(CO)OC(O3)C4O)C(O)=CC(Cc3cccc(CO)c3)=CC12. The molecule has 10 atom stereocenters. The summed E-state index contributed by atoms with van der Waals surface area (Å²) in [5, 5.41) is 82.8. The largest absolute Gasteiger partial charge is 0.511 e. The van der Waals surface area contributed by atoms with E-state index in [2.05, 4.69) is 10.3 Å². The van der Waals surface area contributed by atoms with Crippen LogP contribution in [0.25, 0.3) is 0 Å². The number of hydrogen-bond donors (Lipinski definition) is 8. The molecule has 1 aromatic heterocycles. The third-order valence-corrected chi connectivity index (χ3v) is 17.1. The molecule has 15 heteroatoms. The van der Waals surface area contributed by atoms with E-state index in [0.29, 0.717) is 43.0 Å². The molecule has 0 amide bonds. The number of hydrogen-bond acceptors (Lipinski definition) is 15. The van der Waals surface area contributed by atoms with Gasteiger partial charge in [-0.15, -0.1) is 0 Å². The van der Waals surface area contributed by atoms with Gasteiger partial charge in [-0.3, -0.25) is 9.59 Å². The van der Waals surface area contributed by atoms with Crippen LogP contribution in [0.15, 0.2) is 84.3 Å². The van der Waals surface area contributed by atoms with Crippen molar-refractivity contribution >= 4 is 39.0 Å². The van der Waals surface area contributed by atoms with E-state index in [-0.39, 0.29) is 59.4 Å². The van der Waals surface area contributed by atoms with Gasteiger partial charge in [0.1, 0.15) is 46.7 Å². The first-order valence-corrected chi connectivity index (χ1v) is 24.0. The maximum atomic E-state index is 15.2. The highest BCUT2D eigenvalue weighted by molar-refractivity contribution is 8.76. The summed E-state index contributed by atoms with van der Waals surface area (Å²) in [4.78, 5) is 34.6. The Morgan fingerprint density at radius 1 is 0.935 bits per heavy atom. The quantitative estimate of drug-likeness (QED) is 0.150. The smallest absolute Gasteiger partial charge is 0.229 e. The van der Waals surface area contributed by atoms with Crippen molar-refractivity contribution in [1.82, 2.24) is 4.98 Å². The molecule has 8 N–H and O–H groups in total. The van der Waals surface area contributed by atoms with E-state index in [1.54, 1.807) is 24.4 Å². The van der Waals surface area contributed by atoms with Crippen molar-refractivity contribution in [2.75, 3.05) is 30.2 Å². The third kappa shape index (κ3) is 7.21. The maximum Gasteiger partial charge on any atom is 0.229 e. The van der Waals surface area contributed by atoms with Crippen molar-refractivity contribution in [1.29, 1.82) is 0 Å². The van der Waals surface area contributed by atoms with Crippen LogP contribution in [0, 0.1) is 22.7 Å². The van der Waals surface area contributed by atoms with Gasteiger partial charge in [-0.25, -0.2) is 4.98 Å². The number of ketones is 2. The van der Waals surface area contributed by atoms with Gasteiger partial charge in [0, 0.05) is 24.1 Å². The number of allylic oxidation sites excluding steroid dienone is 4. The Morgan fingerprint density at radius 2 is 1.76 bits per heavy atom. The molecule has 4 aliphatic carbocycles. The number of pyridine rings is 1. The number of carbonyl (C=O) groups is 2. The van der Waals surface area contributed by atoms with Crippen molar-refractivity contribution in [3.8, 4) is 5.75 Å². The Labute approximate surface area is 368 Å². The van der Waals surface area contributed by atoms with Gasteiger partial charge < -0.3 is 50.5 Å². The number of carbonyl (C=O) groups excluding carboxylic acids is 2. The van der Waals surface area contributed by atoms with E-state index in [1.807, 2.05) is 30.3 Å². The Kier molecular flexibility index (Phi) is 11.9. The lowest BCUT2D eigenvalue weighted by Gasteiger charge is -2.51. The second-order valence-corrected chi connectivity index (χ2v) is 20.7. The monoisotopic (exact) mass is 886 g/mol. The molecule has 9 rings (SSSR count). The van der Waals surface area contributed by atoms with E-state index < -0.39 is 65.1 Å². The van der Waals surface area contributed by atoms with Gasteiger partial charge >= 0.3 is 0 Å². The molecule has 10 unspecified atom stereocenters. The molecule has 3 heterocycles. The highest BCUT2D eigenvalue weighted by Crippen LogP contribution is 2.64. The summed E-state index contributed by atoms with van der Waals surface area (Å²) >= 11 is 0. The fourth-order valence-corrected chi connectivity index (χ4v) is 14.1. The van der Waals surface area contributed by atoms with Gasteiger partial charge in [0.25, 0.3) is 0 Å². The van der Waals surface area contributed by atoms with Crippen molar-refractivity contribution in [3.63, 3.8) is 0 Å². The van der Waals surface area contributed by atoms with Gasteiger partial charge in [0.05, 0.1) is 30.6 Å². The van der Waals surface area contributed by atoms with Gasteiger partial charge in [-0.2, -0.15) is 0 Å². The predicted octanol–water partition coefficient (Wildman–Crippen LogP) is 5.17. The average molecular weight is 887 g/mol. The zero-order chi connectivity index (χ0) is 43.4. The number of rotatable bonds is 6. The fraction of sp³-hybridized carbons (Fsp3) is 0.511. The zero-order valence-corrected chi connectivity index (χ0v) is 36.0. The number of ether oxygens (including phenoxy) is 2. The summed E-state index contributed by atoms with van der Waals surface area (Å²) in [5.74, 6) is -1.30. The van der Waals surface area contributed by atoms with Crippen molar-refractivity contribution in [2.45, 2.75) is 100 Å². The summed E-state index contributed by atoms with van der Waals surface area (Å²) in [7, 11) is 2.74. The highest BCUT2D eigenvalue weighted by atomic mass is 33.1. The second kappa shape index (κ2) is 17.0. The van der Waals surface area contributed by atoms with Crippen LogP contribution in [0.4, 0.5) is 5.82 Å². The molecule has 2 aliphatic heterocycles. The highest BCUT2D eigenvalue weighted by Gasteiger charge is 2.63. The molecular weight excluding hydrogens is 833 g/mol. The van der Waals surface area contributed by atoms with Gasteiger partial charge in [0.15, 0.2) is 11.6 Å². The molecule has 330 valence electrons. The molecular formula is C47H54N2O11S2. The summed E-state index contributed by atoms with van der Waals surface area (Å²) in [6.07, 6.45) is 4.11. The van der Waals surface area contributed by atoms with Crippen LogP contribution in [0.5, 0.6) is 5.75 Å². The first-order chi connectivity index (χ1) is 29.9. The van der Waals surface area contributed by atoms with E-state index in [4.69, 9.17) is 9.47 Å². The molecule has 6 bridgehead atoms. The molecule has 13 nitrogen and oxygen atoms in total. The van der Waals surface area contributed by atoms with Crippen molar-refractivity contribution < 1.29 is 54.8 Å². The second-order valence-electron chi connectivity index (χ2n) is 18.2. The van der Waals surface area contributed by atoms with Crippen molar-refractivity contribution in [2.24, 2.45) is 22.7 Å². The van der Waals surface area contributed by atoms with Crippen molar-refractivity contribution in [3.05, 3.63) is 112 Å². The average Bonchev–Trinajstić information content (AvgIpc) is 3.85. The molecule has 3 fully saturated rings. The predicted molar refractivity (Wildman–Crippen MR) is 234 cm³/mol. The van der Waals surface area contributed by atoms with Crippen LogP contribution in [0.2, 0.25) is 0 Å². The normalized spacial score (nSPS) is 35.6. The number of nitrogens with zero attached hydrogens (tertiary/aromatic N) is 1. The number of aliphatic hydroxyl groups is 7. The lowest BCUT2D eigenvalue weighted by Crippen LogP contribution is -2.69. The van der Waals surface area contributed by atoms with Crippen LogP contribution < -0.4 is 10.1 Å². The number of anilines is 1. The van der Waals surface area contributed by atoms with Crippen LogP contribution in [0.1, 0.15) is 88.8 Å². The Morgan fingerprint density at radius 3 is 2.56 bits per heavy atom. The molecule has 2 saturated carbocycles. The van der Waals surface area contributed by atoms with Gasteiger partial charge in [-0.05, 0) is 115 Å². The summed E-state index contributed by atoms with van der Waals surface area (Å²) in [6, 6.07) is 15.8. The molecule has 1 saturated heterocycles. The Balaban J connectivity index is 1.13. The number of nitrogens with one attached hydrogen (secondary N) is 1. The molecule has 0 radical (unpaired) electrons. The van der Waals surface area contributed by atoms with Crippen LogP contribution in [-0.4, -0.2) is 107 Å². The van der Waals surface area contributed by atoms with E-state index in [9.17, 15) is 40.5 Å². The minimum atomic E-state index is -2.30. The summed E-state index contributed by atoms with van der Waals surface area (Å²) < 4.78 is 12.4. The molecule has 2 aromatic carbocycles. The van der Waals surface area contributed by atoms with Crippen LogP contribution >= 0.6 is 21.6 Å². The van der Waals surface area contributed by atoms with Crippen LogP contribution in [-0.2, 0) is 23.2 Å². The maximum absolute atomic E-state index is 15.2. The zero-order valence-electron chi connectivity index (χ0n) is 34.3.